The van der Waals surface area contributed by atoms with Crippen LogP contribution in [0.2, 0.25) is 0 Å². The Hall–Kier alpha value is -4.47. The molecule has 10 nitrogen and oxygen atoms in total. The molecule has 1 aliphatic carbocycles. The van der Waals surface area contributed by atoms with Gasteiger partial charge in [-0.15, -0.1) is 0 Å². The summed E-state index contributed by atoms with van der Waals surface area (Å²) in [5.41, 5.74) is 0.312. The standard InChI is InChI=1S/C31H35NO9/c1-2-29(34)38-18-6-4-3-5-17-37-25-11-13-26(14-12-25)40-30(35)22-7-9-23(10-8-22)31(36)41-28-16-15-27(39-21-33)19-24(28)20-32/h2,11-16,19-23,32H,1,3-10,17-18H2/t22-,23-. The van der Waals surface area contributed by atoms with Crippen molar-refractivity contribution in [3.63, 3.8) is 0 Å². The number of carbonyl (C=O) groups is 4. The molecule has 2 aromatic carbocycles. The number of benzene rings is 2. The highest BCUT2D eigenvalue weighted by atomic mass is 16.5. The van der Waals surface area contributed by atoms with Crippen LogP contribution in [-0.4, -0.2) is 43.8 Å². The summed E-state index contributed by atoms with van der Waals surface area (Å²) < 4.78 is 26.5. The average Bonchev–Trinajstić information content (AvgIpc) is 3.00. The molecule has 0 bridgehead atoms. The monoisotopic (exact) mass is 565 g/mol. The van der Waals surface area contributed by atoms with Gasteiger partial charge in [0.25, 0.3) is 6.47 Å². The van der Waals surface area contributed by atoms with Gasteiger partial charge < -0.3 is 29.1 Å². The number of ether oxygens (including phenoxy) is 5. The molecule has 3 rings (SSSR count). The Labute approximate surface area is 239 Å². The Bertz CT molecular complexity index is 1200. The van der Waals surface area contributed by atoms with Crippen molar-refractivity contribution in [2.75, 3.05) is 13.2 Å². The third-order valence-electron chi connectivity index (χ3n) is 6.69. The Balaban J connectivity index is 1.35. The number of carbonyl (C=O) groups excluding carboxylic acids is 4. The van der Waals surface area contributed by atoms with Gasteiger partial charge in [0, 0.05) is 17.9 Å². The van der Waals surface area contributed by atoms with Crippen LogP contribution in [0.25, 0.3) is 0 Å². The number of esters is 3. The van der Waals surface area contributed by atoms with Crippen molar-refractivity contribution < 1.29 is 42.9 Å². The van der Waals surface area contributed by atoms with E-state index >= 15 is 0 Å². The third-order valence-corrected chi connectivity index (χ3v) is 6.69. The first-order chi connectivity index (χ1) is 19.9. The van der Waals surface area contributed by atoms with Crippen LogP contribution >= 0.6 is 0 Å². The van der Waals surface area contributed by atoms with E-state index in [1.807, 2.05) is 0 Å². The van der Waals surface area contributed by atoms with Crippen LogP contribution in [0, 0.1) is 17.2 Å². The molecule has 1 fully saturated rings. The molecule has 10 heteroatoms. The smallest absolute Gasteiger partial charge is 0.330 e. The van der Waals surface area contributed by atoms with Gasteiger partial charge in [-0.05, 0) is 93.8 Å². The zero-order valence-corrected chi connectivity index (χ0v) is 22.9. The van der Waals surface area contributed by atoms with Crippen molar-refractivity contribution in [2.45, 2.75) is 51.4 Å². The minimum Gasteiger partial charge on any atom is -0.494 e. The molecule has 1 saturated carbocycles. The van der Waals surface area contributed by atoms with Crippen molar-refractivity contribution >= 4 is 30.6 Å². The normalized spacial score (nSPS) is 16.1. The summed E-state index contributed by atoms with van der Waals surface area (Å²) >= 11 is 0. The number of nitrogens with one attached hydrogen (secondary N) is 1. The van der Waals surface area contributed by atoms with Crippen LogP contribution in [0.15, 0.2) is 55.1 Å². The van der Waals surface area contributed by atoms with Gasteiger partial charge in [0.05, 0.1) is 25.0 Å². The van der Waals surface area contributed by atoms with Crippen LogP contribution < -0.4 is 18.9 Å². The van der Waals surface area contributed by atoms with E-state index < -0.39 is 11.9 Å². The molecule has 0 atom stereocenters. The van der Waals surface area contributed by atoms with E-state index in [2.05, 4.69) is 6.58 Å². The summed E-state index contributed by atoms with van der Waals surface area (Å²) in [5, 5.41) is 7.53. The molecule has 0 heterocycles. The van der Waals surface area contributed by atoms with Gasteiger partial charge in [0.15, 0.2) is 0 Å². The highest BCUT2D eigenvalue weighted by Crippen LogP contribution is 2.32. The van der Waals surface area contributed by atoms with Crippen molar-refractivity contribution in [1.82, 2.24) is 0 Å². The third kappa shape index (κ3) is 10.2. The van der Waals surface area contributed by atoms with Crippen LogP contribution in [0.4, 0.5) is 0 Å². The molecule has 0 saturated heterocycles. The van der Waals surface area contributed by atoms with Gasteiger partial charge in [-0.3, -0.25) is 14.4 Å². The first-order valence-electron chi connectivity index (χ1n) is 13.6. The summed E-state index contributed by atoms with van der Waals surface area (Å²) in [6.45, 7) is 4.58. The molecule has 218 valence electrons. The molecule has 0 aromatic heterocycles. The molecule has 1 aliphatic rings. The van der Waals surface area contributed by atoms with Gasteiger partial charge in [-0.25, -0.2) is 4.79 Å². The molecular weight excluding hydrogens is 530 g/mol. The second kappa shape index (κ2) is 16.6. The molecule has 1 N–H and O–H groups in total. The van der Waals surface area contributed by atoms with E-state index in [0.29, 0.717) is 56.0 Å². The Kier molecular flexibility index (Phi) is 12.6. The summed E-state index contributed by atoms with van der Waals surface area (Å²) in [5.74, 6) is -0.272. The minimum atomic E-state index is -0.423. The highest BCUT2D eigenvalue weighted by Gasteiger charge is 2.32. The summed E-state index contributed by atoms with van der Waals surface area (Å²) in [4.78, 5) is 46.9. The molecule has 0 aliphatic heterocycles. The van der Waals surface area contributed by atoms with Gasteiger partial charge in [-0.2, -0.15) is 0 Å². The van der Waals surface area contributed by atoms with E-state index in [9.17, 15) is 19.2 Å². The lowest BCUT2D eigenvalue weighted by molar-refractivity contribution is -0.145. The Morgan fingerprint density at radius 3 is 2.00 bits per heavy atom. The predicted octanol–water partition coefficient (Wildman–Crippen LogP) is 5.21. The van der Waals surface area contributed by atoms with Gasteiger partial charge in [0.1, 0.15) is 23.0 Å². The molecular formula is C31H35NO9. The first-order valence-corrected chi connectivity index (χ1v) is 13.6. The fourth-order valence-corrected chi connectivity index (χ4v) is 4.40. The average molecular weight is 566 g/mol. The van der Waals surface area contributed by atoms with E-state index in [-0.39, 0.29) is 35.8 Å². The van der Waals surface area contributed by atoms with E-state index in [1.165, 1.54) is 18.2 Å². The molecule has 41 heavy (non-hydrogen) atoms. The molecule has 0 radical (unpaired) electrons. The summed E-state index contributed by atoms with van der Waals surface area (Å²) in [6.07, 6.45) is 7.70. The molecule has 0 unspecified atom stereocenters. The van der Waals surface area contributed by atoms with Crippen LogP contribution in [-0.2, 0) is 23.9 Å². The Morgan fingerprint density at radius 1 is 0.805 bits per heavy atom. The SMILES string of the molecule is C=CC(=O)OCCCCCCOc1ccc(OC(=O)[C@H]2CC[C@H](C(=O)Oc3ccc(OC=O)cc3C=N)CC2)cc1. The van der Waals surface area contributed by atoms with Crippen LogP contribution in [0.1, 0.15) is 56.9 Å². The fraction of sp³-hybridized carbons (Fsp3) is 0.387. The number of rotatable bonds is 16. The molecule has 2 aromatic rings. The zero-order valence-electron chi connectivity index (χ0n) is 22.9. The minimum absolute atomic E-state index is 0.209. The second-order valence-corrected chi connectivity index (χ2v) is 9.55. The summed E-state index contributed by atoms with van der Waals surface area (Å²) in [6, 6.07) is 11.3. The van der Waals surface area contributed by atoms with Gasteiger partial charge in [-0.1, -0.05) is 6.58 Å². The largest absolute Gasteiger partial charge is 0.494 e. The maximum atomic E-state index is 12.7. The van der Waals surface area contributed by atoms with E-state index in [1.54, 1.807) is 24.3 Å². The van der Waals surface area contributed by atoms with Crippen LogP contribution in [0.5, 0.6) is 23.0 Å². The number of unbranched alkanes of at least 4 members (excludes halogenated alkanes) is 3. The topological polar surface area (TPSA) is 138 Å². The quantitative estimate of drug-likeness (QED) is 0.0726. The Morgan fingerprint density at radius 2 is 1.39 bits per heavy atom. The van der Waals surface area contributed by atoms with Gasteiger partial charge >= 0.3 is 17.9 Å². The predicted molar refractivity (Wildman–Crippen MR) is 149 cm³/mol. The maximum Gasteiger partial charge on any atom is 0.330 e. The van der Waals surface area contributed by atoms with Crippen molar-refractivity contribution in [1.29, 1.82) is 5.41 Å². The molecule has 0 amide bonds. The lowest BCUT2D eigenvalue weighted by Crippen LogP contribution is -2.30. The lowest BCUT2D eigenvalue weighted by atomic mass is 9.82. The van der Waals surface area contributed by atoms with Crippen LogP contribution in [0.3, 0.4) is 0 Å². The second-order valence-electron chi connectivity index (χ2n) is 9.55. The zero-order chi connectivity index (χ0) is 29.5. The van der Waals surface area contributed by atoms with Crippen molar-refractivity contribution in [3.8, 4) is 23.0 Å². The van der Waals surface area contributed by atoms with E-state index in [0.717, 1.165) is 38.0 Å². The maximum absolute atomic E-state index is 12.7. The lowest BCUT2D eigenvalue weighted by Gasteiger charge is -2.26. The number of hydrogen-bond donors (Lipinski definition) is 1. The van der Waals surface area contributed by atoms with Gasteiger partial charge in [0.2, 0.25) is 0 Å². The van der Waals surface area contributed by atoms with E-state index in [4.69, 9.17) is 29.1 Å². The number of hydrogen-bond acceptors (Lipinski definition) is 10. The first kappa shape index (κ1) is 31.1. The highest BCUT2D eigenvalue weighted by molar-refractivity contribution is 5.85. The fourth-order valence-electron chi connectivity index (χ4n) is 4.40. The molecule has 0 spiro atoms. The van der Waals surface area contributed by atoms with Crippen molar-refractivity contribution in [3.05, 3.63) is 60.7 Å². The summed E-state index contributed by atoms with van der Waals surface area (Å²) in [7, 11) is 0. The van der Waals surface area contributed by atoms with Crippen molar-refractivity contribution in [2.24, 2.45) is 11.8 Å².